The molecule has 0 atom stereocenters. The molecule has 0 aliphatic rings. The molecular formula is C21H21N5OS3. The van der Waals surface area contributed by atoms with Gasteiger partial charge in [-0.15, -0.1) is 28.1 Å². The molecule has 6 nitrogen and oxygen atoms in total. The predicted molar refractivity (Wildman–Crippen MR) is 127 cm³/mol. The van der Waals surface area contributed by atoms with E-state index < -0.39 is 0 Å². The smallest absolute Gasteiger partial charge is 0.236 e. The standard InChI is InChI=1S/C21H21N5OS3/c1-4-10-26-19(15-11-28-13(3)14(15)5-2)24-25-21(26)29-12-18(27)23-20-22-16-8-6-7-9-17(16)30-20/h4,6-9,11H,1,5,10,12H2,2-3H3,(H,22,23,27). The Balaban J connectivity index is 1.49. The van der Waals surface area contributed by atoms with Crippen LogP contribution in [0, 0.1) is 6.92 Å². The number of para-hydroxylation sites is 1. The highest BCUT2D eigenvalue weighted by molar-refractivity contribution is 7.99. The summed E-state index contributed by atoms with van der Waals surface area (Å²) in [5, 5.41) is 15.1. The Labute approximate surface area is 187 Å². The van der Waals surface area contributed by atoms with Crippen LogP contribution in [0.5, 0.6) is 0 Å². The predicted octanol–water partition coefficient (Wildman–Crippen LogP) is 5.40. The molecule has 30 heavy (non-hydrogen) atoms. The molecule has 0 saturated heterocycles. The Morgan fingerprint density at radius 1 is 1.33 bits per heavy atom. The first kappa shape index (κ1) is 20.8. The second kappa shape index (κ2) is 9.11. The lowest BCUT2D eigenvalue weighted by molar-refractivity contribution is -0.113. The van der Waals surface area contributed by atoms with Crippen LogP contribution in [0.4, 0.5) is 5.13 Å². The van der Waals surface area contributed by atoms with Gasteiger partial charge in [0, 0.05) is 22.4 Å². The fourth-order valence-electron chi connectivity index (χ4n) is 3.21. The maximum absolute atomic E-state index is 12.5. The molecule has 0 radical (unpaired) electrons. The van der Waals surface area contributed by atoms with Crippen molar-refractivity contribution in [1.82, 2.24) is 19.7 Å². The first-order valence-electron chi connectivity index (χ1n) is 9.50. The zero-order valence-corrected chi connectivity index (χ0v) is 19.2. The molecule has 0 aliphatic carbocycles. The van der Waals surface area contributed by atoms with Crippen molar-refractivity contribution in [1.29, 1.82) is 0 Å². The Morgan fingerprint density at radius 2 is 2.17 bits per heavy atom. The molecule has 1 amide bonds. The molecule has 3 aromatic heterocycles. The van der Waals surface area contributed by atoms with Crippen LogP contribution in [-0.4, -0.2) is 31.4 Å². The SMILES string of the molecule is C=CCn1c(SCC(=O)Nc2nc3ccccc3s2)nnc1-c1csc(C)c1CC. The molecule has 1 N–H and O–H groups in total. The molecule has 0 fully saturated rings. The van der Waals surface area contributed by atoms with E-state index in [1.165, 1.54) is 33.5 Å². The summed E-state index contributed by atoms with van der Waals surface area (Å²) >= 11 is 4.56. The van der Waals surface area contributed by atoms with Gasteiger partial charge in [-0.3, -0.25) is 9.36 Å². The summed E-state index contributed by atoms with van der Waals surface area (Å²) in [6, 6.07) is 7.83. The average Bonchev–Trinajstić information content (AvgIpc) is 3.42. The van der Waals surface area contributed by atoms with E-state index in [4.69, 9.17) is 0 Å². The van der Waals surface area contributed by atoms with Crippen molar-refractivity contribution >= 4 is 55.7 Å². The molecule has 154 valence electrons. The van der Waals surface area contributed by atoms with E-state index in [9.17, 15) is 4.79 Å². The molecule has 3 heterocycles. The molecule has 9 heteroatoms. The van der Waals surface area contributed by atoms with Crippen molar-refractivity contribution in [3.05, 3.63) is 52.7 Å². The van der Waals surface area contributed by atoms with Crippen molar-refractivity contribution in [3.63, 3.8) is 0 Å². The fraction of sp³-hybridized carbons (Fsp3) is 0.238. The normalized spacial score (nSPS) is 11.1. The number of carbonyl (C=O) groups is 1. The number of thiophene rings is 1. The van der Waals surface area contributed by atoms with E-state index >= 15 is 0 Å². The second-order valence-corrected chi connectivity index (χ2v) is 9.62. The number of hydrogen-bond donors (Lipinski definition) is 1. The number of hydrogen-bond acceptors (Lipinski definition) is 7. The number of anilines is 1. The first-order valence-corrected chi connectivity index (χ1v) is 12.2. The number of carbonyl (C=O) groups excluding carboxylic acids is 1. The Morgan fingerprint density at radius 3 is 2.93 bits per heavy atom. The van der Waals surface area contributed by atoms with Gasteiger partial charge in [-0.25, -0.2) is 4.98 Å². The van der Waals surface area contributed by atoms with Crippen LogP contribution in [0.1, 0.15) is 17.4 Å². The van der Waals surface area contributed by atoms with Gasteiger partial charge in [0.25, 0.3) is 0 Å². The van der Waals surface area contributed by atoms with Crippen LogP contribution in [0.2, 0.25) is 0 Å². The maximum Gasteiger partial charge on any atom is 0.236 e. The van der Waals surface area contributed by atoms with E-state index in [0.717, 1.165) is 28.0 Å². The van der Waals surface area contributed by atoms with Gasteiger partial charge in [0.1, 0.15) is 0 Å². The van der Waals surface area contributed by atoms with Crippen molar-refractivity contribution < 1.29 is 4.79 Å². The topological polar surface area (TPSA) is 72.7 Å². The average molecular weight is 456 g/mol. The lowest BCUT2D eigenvalue weighted by Crippen LogP contribution is -2.14. The monoisotopic (exact) mass is 455 g/mol. The number of nitrogens with zero attached hydrogens (tertiary/aromatic N) is 4. The Hall–Kier alpha value is -2.49. The van der Waals surface area contributed by atoms with Crippen molar-refractivity contribution in [2.45, 2.75) is 32.0 Å². The minimum Gasteiger partial charge on any atom is -0.301 e. The minimum atomic E-state index is -0.116. The van der Waals surface area contributed by atoms with Gasteiger partial charge in [-0.05, 0) is 31.0 Å². The van der Waals surface area contributed by atoms with E-state index in [-0.39, 0.29) is 11.7 Å². The molecule has 0 saturated carbocycles. The molecule has 0 bridgehead atoms. The van der Waals surface area contributed by atoms with Gasteiger partial charge >= 0.3 is 0 Å². The molecule has 0 spiro atoms. The van der Waals surface area contributed by atoms with Gasteiger partial charge < -0.3 is 5.32 Å². The van der Waals surface area contributed by atoms with Crippen LogP contribution < -0.4 is 5.32 Å². The Bertz CT molecular complexity index is 1170. The summed E-state index contributed by atoms with van der Waals surface area (Å²) < 4.78 is 3.07. The lowest BCUT2D eigenvalue weighted by Gasteiger charge is -2.08. The fourth-order valence-corrected chi connectivity index (χ4v) is 5.77. The van der Waals surface area contributed by atoms with Gasteiger partial charge in [0.2, 0.25) is 5.91 Å². The van der Waals surface area contributed by atoms with Crippen molar-refractivity contribution in [3.8, 4) is 11.4 Å². The number of aromatic nitrogens is 4. The number of allylic oxidation sites excluding steroid dienone is 1. The summed E-state index contributed by atoms with van der Waals surface area (Å²) in [5.74, 6) is 0.939. The van der Waals surface area contributed by atoms with Crippen LogP contribution in [0.3, 0.4) is 0 Å². The van der Waals surface area contributed by atoms with Crippen LogP contribution in [-0.2, 0) is 17.8 Å². The zero-order valence-electron chi connectivity index (χ0n) is 16.7. The van der Waals surface area contributed by atoms with E-state index in [1.807, 2.05) is 34.9 Å². The van der Waals surface area contributed by atoms with Gasteiger partial charge in [0.05, 0.1) is 16.0 Å². The summed E-state index contributed by atoms with van der Waals surface area (Å²) in [7, 11) is 0. The summed E-state index contributed by atoms with van der Waals surface area (Å²) in [6.07, 6.45) is 2.77. The van der Waals surface area contributed by atoms with E-state index in [2.05, 4.69) is 46.3 Å². The number of amides is 1. The highest BCUT2D eigenvalue weighted by atomic mass is 32.2. The zero-order chi connectivity index (χ0) is 21.1. The number of thiazole rings is 1. The van der Waals surface area contributed by atoms with Crippen molar-refractivity contribution in [2.75, 3.05) is 11.1 Å². The third-order valence-electron chi connectivity index (χ3n) is 4.60. The number of benzene rings is 1. The van der Waals surface area contributed by atoms with Crippen LogP contribution >= 0.6 is 34.4 Å². The third kappa shape index (κ3) is 4.19. The van der Waals surface area contributed by atoms with E-state index in [0.29, 0.717) is 16.8 Å². The third-order valence-corrected chi connectivity index (χ3v) is 7.47. The Kier molecular flexibility index (Phi) is 6.31. The number of aryl methyl sites for hydroxylation is 1. The number of fused-ring (bicyclic) bond motifs is 1. The van der Waals surface area contributed by atoms with Crippen molar-refractivity contribution in [2.24, 2.45) is 0 Å². The van der Waals surface area contributed by atoms with Crippen LogP contribution in [0.25, 0.3) is 21.6 Å². The number of nitrogens with one attached hydrogen (secondary N) is 1. The largest absolute Gasteiger partial charge is 0.301 e. The lowest BCUT2D eigenvalue weighted by atomic mass is 10.1. The molecule has 1 aromatic carbocycles. The summed E-state index contributed by atoms with van der Waals surface area (Å²) in [4.78, 5) is 18.2. The quantitative estimate of drug-likeness (QED) is 0.284. The molecule has 0 unspecified atom stereocenters. The maximum atomic E-state index is 12.5. The minimum absolute atomic E-state index is 0.116. The molecule has 0 aliphatic heterocycles. The first-order chi connectivity index (χ1) is 14.6. The highest BCUT2D eigenvalue weighted by Crippen LogP contribution is 2.33. The highest BCUT2D eigenvalue weighted by Gasteiger charge is 2.19. The van der Waals surface area contributed by atoms with Gasteiger partial charge in [-0.1, -0.05) is 48.2 Å². The summed E-state index contributed by atoms with van der Waals surface area (Å²) in [5.41, 5.74) is 3.29. The van der Waals surface area contributed by atoms with Gasteiger partial charge in [-0.2, -0.15) is 0 Å². The molecular weight excluding hydrogens is 434 g/mol. The van der Waals surface area contributed by atoms with Gasteiger partial charge in [0.15, 0.2) is 16.1 Å². The number of thioether (sulfide) groups is 1. The van der Waals surface area contributed by atoms with E-state index in [1.54, 1.807) is 11.3 Å². The summed E-state index contributed by atoms with van der Waals surface area (Å²) in [6.45, 7) is 8.72. The van der Waals surface area contributed by atoms with Crippen LogP contribution in [0.15, 0.2) is 47.5 Å². The molecule has 4 aromatic rings. The number of rotatable bonds is 8. The second-order valence-electron chi connectivity index (χ2n) is 6.57. The molecule has 4 rings (SSSR count).